The molecule has 0 atom stereocenters. The highest BCUT2D eigenvalue weighted by Gasteiger charge is 1.92. The number of carboxylic acids is 1. The van der Waals surface area contributed by atoms with Crippen LogP contribution in [0.3, 0.4) is 0 Å². The largest absolute Gasteiger partial charge is 0.481 e. The van der Waals surface area contributed by atoms with Crippen LogP contribution in [-0.4, -0.2) is 22.9 Å². The van der Waals surface area contributed by atoms with Crippen molar-refractivity contribution in [2.75, 3.05) is 6.61 Å². The van der Waals surface area contributed by atoms with Gasteiger partial charge in [-0.25, -0.2) is 4.89 Å². The highest BCUT2D eigenvalue weighted by atomic mass is 17.1. The lowest BCUT2D eigenvalue weighted by Crippen LogP contribution is -1.92. The van der Waals surface area contributed by atoms with E-state index in [0.29, 0.717) is 13.0 Å². The first kappa shape index (κ1) is 22.4. The molecule has 0 aliphatic rings. The summed E-state index contributed by atoms with van der Waals surface area (Å²) in [5.74, 6) is -0.726. The predicted molar refractivity (Wildman–Crippen MR) is 98.9 cm³/mol. The van der Waals surface area contributed by atoms with Gasteiger partial charge in [-0.15, -0.1) is 0 Å². The van der Waals surface area contributed by atoms with E-state index in [2.05, 4.69) is 47.4 Å². The van der Waals surface area contributed by atoms with Crippen LogP contribution in [0.5, 0.6) is 0 Å². The average molecular weight is 336 g/mol. The van der Waals surface area contributed by atoms with Crippen molar-refractivity contribution in [1.29, 1.82) is 0 Å². The molecule has 0 saturated heterocycles. The Morgan fingerprint density at radius 1 is 0.750 bits per heavy atom. The van der Waals surface area contributed by atoms with Crippen molar-refractivity contribution in [3.05, 3.63) is 48.6 Å². The van der Waals surface area contributed by atoms with Crippen molar-refractivity contribution >= 4 is 5.97 Å². The first-order valence-electron chi connectivity index (χ1n) is 8.87. The van der Waals surface area contributed by atoms with Gasteiger partial charge >= 0.3 is 5.97 Å². The van der Waals surface area contributed by atoms with Gasteiger partial charge in [0.05, 0.1) is 6.61 Å². The molecule has 0 aliphatic heterocycles. The van der Waals surface area contributed by atoms with E-state index >= 15 is 0 Å². The van der Waals surface area contributed by atoms with E-state index in [-0.39, 0.29) is 6.42 Å². The average Bonchev–Trinajstić information content (AvgIpc) is 2.56. The predicted octanol–water partition coefficient (Wildman–Crippen LogP) is 5.69. The Kier molecular flexibility index (Phi) is 18.1. The van der Waals surface area contributed by atoms with Crippen LogP contribution in [0, 0.1) is 0 Å². The molecule has 0 spiro atoms. The van der Waals surface area contributed by atoms with Crippen LogP contribution >= 0.6 is 0 Å². The number of allylic oxidation sites excluding steroid dienone is 8. The van der Waals surface area contributed by atoms with E-state index in [9.17, 15) is 4.79 Å². The van der Waals surface area contributed by atoms with E-state index in [1.807, 2.05) is 6.08 Å². The lowest BCUT2D eigenvalue weighted by Gasteiger charge is -1.95. The monoisotopic (exact) mass is 336 g/mol. The molecule has 0 aliphatic carbocycles. The fraction of sp³-hybridized carbons (Fsp3) is 0.550. The van der Waals surface area contributed by atoms with Crippen LogP contribution in [0.2, 0.25) is 0 Å². The minimum Gasteiger partial charge on any atom is -0.481 e. The van der Waals surface area contributed by atoms with Crippen LogP contribution in [0.1, 0.15) is 64.2 Å². The Morgan fingerprint density at radius 3 is 2.21 bits per heavy atom. The normalized spacial score (nSPS) is 12.4. The van der Waals surface area contributed by atoms with Crippen LogP contribution < -0.4 is 0 Å². The summed E-state index contributed by atoms with van der Waals surface area (Å²) in [6, 6.07) is 0. The van der Waals surface area contributed by atoms with Crippen LogP contribution in [0.15, 0.2) is 48.6 Å². The Morgan fingerprint density at radius 2 is 1.42 bits per heavy atom. The Balaban J connectivity index is 3.38. The summed E-state index contributed by atoms with van der Waals surface area (Å²) >= 11 is 0. The van der Waals surface area contributed by atoms with Crippen molar-refractivity contribution in [2.45, 2.75) is 64.2 Å². The number of rotatable bonds is 16. The summed E-state index contributed by atoms with van der Waals surface area (Å²) in [5.41, 5.74) is 0. The summed E-state index contributed by atoms with van der Waals surface area (Å²) in [6.07, 6.45) is 25.9. The number of unbranched alkanes of at least 4 members (excludes halogenated alkanes) is 5. The third kappa shape index (κ3) is 20.3. The molecule has 136 valence electrons. The number of hydrogen-bond acceptors (Lipinski definition) is 3. The molecule has 0 rings (SSSR count). The molecule has 0 amide bonds. The van der Waals surface area contributed by atoms with E-state index in [0.717, 1.165) is 51.4 Å². The maximum absolute atomic E-state index is 10.3. The molecular formula is C20H32O4. The second-order valence-corrected chi connectivity index (χ2v) is 5.58. The van der Waals surface area contributed by atoms with Crippen molar-refractivity contribution in [2.24, 2.45) is 0 Å². The van der Waals surface area contributed by atoms with Crippen molar-refractivity contribution in [1.82, 2.24) is 0 Å². The fourth-order valence-electron chi connectivity index (χ4n) is 2.03. The van der Waals surface area contributed by atoms with Gasteiger partial charge in [-0.1, -0.05) is 55.0 Å². The van der Waals surface area contributed by atoms with Gasteiger partial charge in [0.15, 0.2) is 0 Å². The molecule has 4 heteroatoms. The fourth-order valence-corrected chi connectivity index (χ4v) is 2.03. The van der Waals surface area contributed by atoms with Gasteiger partial charge in [0.2, 0.25) is 0 Å². The number of hydrogen-bond donors (Lipinski definition) is 2. The van der Waals surface area contributed by atoms with Crippen LogP contribution in [0.25, 0.3) is 0 Å². The van der Waals surface area contributed by atoms with Crippen LogP contribution in [0.4, 0.5) is 0 Å². The minimum atomic E-state index is -0.726. The number of aliphatic carboxylic acids is 1. The van der Waals surface area contributed by atoms with E-state index < -0.39 is 5.97 Å². The van der Waals surface area contributed by atoms with Gasteiger partial charge < -0.3 is 5.11 Å². The molecule has 0 bridgehead atoms. The van der Waals surface area contributed by atoms with Gasteiger partial charge in [0.1, 0.15) is 0 Å². The lowest BCUT2D eigenvalue weighted by atomic mass is 10.2. The first-order valence-corrected chi connectivity index (χ1v) is 8.87. The minimum absolute atomic E-state index is 0.246. The molecule has 0 heterocycles. The summed E-state index contributed by atoms with van der Waals surface area (Å²) in [6.45, 7) is 0.433. The molecule has 0 saturated carbocycles. The molecule has 2 N–H and O–H groups in total. The van der Waals surface area contributed by atoms with Crippen molar-refractivity contribution in [3.8, 4) is 0 Å². The Hall–Kier alpha value is -1.65. The molecule has 24 heavy (non-hydrogen) atoms. The quantitative estimate of drug-likeness (QED) is 0.125. The second-order valence-electron chi connectivity index (χ2n) is 5.58. The maximum Gasteiger partial charge on any atom is 0.303 e. The number of carbonyl (C=O) groups is 1. The summed E-state index contributed by atoms with van der Waals surface area (Å²) in [4.78, 5) is 14.3. The molecule has 0 unspecified atom stereocenters. The van der Waals surface area contributed by atoms with Crippen molar-refractivity contribution < 1.29 is 20.0 Å². The highest BCUT2D eigenvalue weighted by Crippen LogP contribution is 2.02. The maximum atomic E-state index is 10.3. The SMILES string of the molecule is O=C(O)CCCC=CCC=CC=CCCC=CCCCCCOO. The molecular weight excluding hydrogens is 304 g/mol. The van der Waals surface area contributed by atoms with Gasteiger partial charge in [-0.3, -0.25) is 10.1 Å². The molecule has 4 nitrogen and oxygen atoms in total. The topological polar surface area (TPSA) is 66.8 Å². The zero-order valence-electron chi connectivity index (χ0n) is 14.6. The van der Waals surface area contributed by atoms with E-state index in [1.165, 1.54) is 0 Å². The second kappa shape index (κ2) is 19.4. The van der Waals surface area contributed by atoms with Gasteiger partial charge in [0.25, 0.3) is 0 Å². The van der Waals surface area contributed by atoms with E-state index in [1.54, 1.807) is 0 Å². The summed E-state index contributed by atoms with van der Waals surface area (Å²) < 4.78 is 0. The lowest BCUT2D eigenvalue weighted by molar-refractivity contribution is -0.242. The Bertz CT molecular complexity index is 394. The van der Waals surface area contributed by atoms with Gasteiger partial charge in [0, 0.05) is 6.42 Å². The zero-order chi connectivity index (χ0) is 17.7. The van der Waals surface area contributed by atoms with Gasteiger partial charge in [-0.05, 0) is 51.4 Å². The molecule has 0 radical (unpaired) electrons. The zero-order valence-corrected chi connectivity index (χ0v) is 14.6. The molecule has 0 aromatic rings. The third-order valence-corrected chi connectivity index (χ3v) is 3.36. The number of carboxylic acid groups (broad SMARTS) is 1. The summed E-state index contributed by atoms with van der Waals surface area (Å²) in [5, 5.41) is 16.7. The smallest absolute Gasteiger partial charge is 0.303 e. The highest BCUT2D eigenvalue weighted by molar-refractivity contribution is 5.66. The van der Waals surface area contributed by atoms with E-state index in [4.69, 9.17) is 10.4 Å². The standard InChI is InChI=1S/C20H32O4/c21-20(22)18-16-14-12-10-8-6-4-2-1-3-5-7-9-11-13-15-17-19-24-23/h1-2,4,6-7,9-10,12,23H,3,5,8,11,13-19H2,(H,21,22). The molecule has 0 aromatic carbocycles. The molecule has 0 aromatic heterocycles. The van der Waals surface area contributed by atoms with Crippen LogP contribution in [-0.2, 0) is 9.68 Å². The molecule has 0 fully saturated rings. The third-order valence-electron chi connectivity index (χ3n) is 3.36. The first-order chi connectivity index (χ1) is 11.8. The summed E-state index contributed by atoms with van der Waals surface area (Å²) in [7, 11) is 0. The van der Waals surface area contributed by atoms with Crippen molar-refractivity contribution in [3.63, 3.8) is 0 Å². The van der Waals surface area contributed by atoms with Gasteiger partial charge in [-0.2, -0.15) is 0 Å². The Labute approximate surface area is 146 Å².